The zero-order valence-electron chi connectivity index (χ0n) is 11.5. The van der Waals surface area contributed by atoms with Crippen LogP contribution in [0.2, 0.25) is 0 Å². The van der Waals surface area contributed by atoms with Gasteiger partial charge in [-0.3, -0.25) is 5.32 Å². The molecule has 0 bridgehead atoms. The van der Waals surface area contributed by atoms with Crippen LogP contribution in [0.5, 0.6) is 0 Å². The Balaban J connectivity index is 1.75. The summed E-state index contributed by atoms with van der Waals surface area (Å²) in [7, 11) is 2.16. The summed E-state index contributed by atoms with van der Waals surface area (Å²) in [6.07, 6.45) is 7.57. The van der Waals surface area contributed by atoms with Crippen LogP contribution in [0.4, 0.5) is 11.9 Å². The van der Waals surface area contributed by atoms with Gasteiger partial charge in [0.15, 0.2) is 0 Å². The van der Waals surface area contributed by atoms with Gasteiger partial charge in [0.1, 0.15) is 0 Å². The molecular weight excluding hydrogens is 252 g/mol. The molecule has 2 aromatic heterocycles. The molecule has 0 aromatic carbocycles. The number of rotatable bonds is 3. The van der Waals surface area contributed by atoms with Crippen LogP contribution < -0.4 is 5.32 Å². The van der Waals surface area contributed by atoms with E-state index >= 15 is 0 Å². The maximum atomic E-state index is 4.60. The molecule has 0 radical (unpaired) electrons. The van der Waals surface area contributed by atoms with Crippen molar-refractivity contribution in [2.45, 2.75) is 18.8 Å². The molecule has 3 rings (SSSR count). The second-order valence-electron chi connectivity index (χ2n) is 5.10. The number of likely N-dealkylation sites (N-methyl/N-ethyl adjacent to an activating group) is 1. The maximum Gasteiger partial charge on any atom is 0.229 e. The number of nitrogens with one attached hydrogen (secondary N) is 1. The first-order valence-corrected chi connectivity index (χ1v) is 6.87. The highest BCUT2D eigenvalue weighted by molar-refractivity contribution is 5.41. The van der Waals surface area contributed by atoms with E-state index in [-0.39, 0.29) is 0 Å². The minimum atomic E-state index is 0.481. The predicted molar refractivity (Wildman–Crippen MR) is 76.8 cm³/mol. The minimum Gasteiger partial charge on any atom is -0.306 e. The van der Waals surface area contributed by atoms with Gasteiger partial charge in [-0.05, 0) is 38.6 Å². The van der Waals surface area contributed by atoms with E-state index < -0.39 is 0 Å². The third-order valence-electron chi connectivity index (χ3n) is 3.51. The van der Waals surface area contributed by atoms with E-state index in [1.165, 1.54) is 19.4 Å². The normalized spacial score (nSPS) is 19.8. The van der Waals surface area contributed by atoms with E-state index in [2.05, 4.69) is 37.2 Å². The van der Waals surface area contributed by atoms with Gasteiger partial charge in [-0.1, -0.05) is 0 Å². The van der Waals surface area contributed by atoms with Crippen LogP contribution in [0.25, 0.3) is 0 Å². The molecule has 1 aliphatic heterocycles. The molecule has 6 nitrogen and oxygen atoms in total. The van der Waals surface area contributed by atoms with E-state index in [1.807, 2.05) is 6.07 Å². The first kappa shape index (κ1) is 12.9. The average molecular weight is 270 g/mol. The van der Waals surface area contributed by atoms with E-state index in [0.717, 1.165) is 12.2 Å². The SMILES string of the molecule is CN1CCC[C@@H](c2ccnc(Nc3ncccn3)n2)C1. The number of nitrogens with zero attached hydrogens (tertiary/aromatic N) is 5. The molecule has 0 amide bonds. The Kier molecular flexibility index (Phi) is 3.83. The first-order valence-electron chi connectivity index (χ1n) is 6.87. The topological polar surface area (TPSA) is 66.8 Å². The van der Waals surface area contributed by atoms with Gasteiger partial charge in [-0.25, -0.2) is 19.9 Å². The van der Waals surface area contributed by atoms with Gasteiger partial charge in [0.25, 0.3) is 0 Å². The molecule has 0 saturated carbocycles. The fraction of sp³-hybridized carbons (Fsp3) is 0.429. The van der Waals surface area contributed by atoms with Gasteiger partial charge >= 0.3 is 0 Å². The van der Waals surface area contributed by atoms with Crippen molar-refractivity contribution in [1.29, 1.82) is 0 Å². The minimum absolute atomic E-state index is 0.481. The molecule has 6 heteroatoms. The van der Waals surface area contributed by atoms with Gasteiger partial charge < -0.3 is 4.90 Å². The van der Waals surface area contributed by atoms with E-state index in [9.17, 15) is 0 Å². The van der Waals surface area contributed by atoms with Crippen molar-refractivity contribution in [1.82, 2.24) is 24.8 Å². The summed E-state index contributed by atoms with van der Waals surface area (Å²) in [5.74, 6) is 1.56. The highest BCUT2D eigenvalue weighted by atomic mass is 15.2. The number of hydrogen-bond acceptors (Lipinski definition) is 6. The second-order valence-corrected chi connectivity index (χ2v) is 5.10. The lowest BCUT2D eigenvalue weighted by Crippen LogP contribution is -2.31. The molecule has 1 atom stereocenters. The first-order chi connectivity index (χ1) is 9.81. The summed E-state index contributed by atoms with van der Waals surface area (Å²) < 4.78 is 0. The van der Waals surface area contributed by atoms with E-state index in [0.29, 0.717) is 17.8 Å². The molecule has 1 aliphatic rings. The van der Waals surface area contributed by atoms with Crippen molar-refractivity contribution < 1.29 is 0 Å². The van der Waals surface area contributed by atoms with Crippen LogP contribution in [-0.4, -0.2) is 45.0 Å². The number of aromatic nitrogens is 4. The lowest BCUT2D eigenvalue weighted by molar-refractivity contribution is 0.248. The van der Waals surface area contributed by atoms with Crippen LogP contribution in [-0.2, 0) is 0 Å². The zero-order chi connectivity index (χ0) is 13.8. The standard InChI is InChI=1S/C14H18N6/c1-20-9-2-4-11(10-20)12-5-8-17-14(18-12)19-13-15-6-3-7-16-13/h3,5-8,11H,2,4,9-10H2,1H3,(H,15,16,17,18,19)/t11-/m1/s1. The smallest absolute Gasteiger partial charge is 0.229 e. The fourth-order valence-corrected chi connectivity index (χ4v) is 2.53. The highest BCUT2D eigenvalue weighted by Gasteiger charge is 2.20. The monoisotopic (exact) mass is 270 g/mol. The molecule has 1 N–H and O–H groups in total. The molecule has 1 saturated heterocycles. The van der Waals surface area contributed by atoms with Crippen molar-refractivity contribution in [2.75, 3.05) is 25.5 Å². The Hall–Kier alpha value is -2.08. The van der Waals surface area contributed by atoms with Gasteiger partial charge in [-0.15, -0.1) is 0 Å². The molecule has 0 aliphatic carbocycles. The van der Waals surface area contributed by atoms with Gasteiger partial charge in [0, 0.05) is 31.1 Å². The Labute approximate surface area is 118 Å². The summed E-state index contributed by atoms with van der Waals surface area (Å²) >= 11 is 0. The van der Waals surface area contributed by atoms with Gasteiger partial charge in [-0.2, -0.15) is 0 Å². The lowest BCUT2D eigenvalue weighted by atomic mass is 9.95. The van der Waals surface area contributed by atoms with E-state index in [1.54, 1.807) is 24.7 Å². The number of anilines is 2. The Morgan fingerprint density at radius 3 is 2.75 bits per heavy atom. The summed E-state index contributed by atoms with van der Waals surface area (Å²) in [6, 6.07) is 3.78. The quantitative estimate of drug-likeness (QED) is 0.917. The van der Waals surface area contributed by atoms with Crippen molar-refractivity contribution in [3.05, 3.63) is 36.4 Å². The third-order valence-corrected chi connectivity index (χ3v) is 3.51. The summed E-state index contributed by atoms with van der Waals surface area (Å²) in [5, 5.41) is 3.04. The van der Waals surface area contributed by atoms with Crippen LogP contribution in [0.1, 0.15) is 24.5 Å². The van der Waals surface area contributed by atoms with Crippen LogP contribution in [0.3, 0.4) is 0 Å². The Morgan fingerprint density at radius 1 is 1.15 bits per heavy atom. The Bertz CT molecular complexity index is 559. The van der Waals surface area contributed by atoms with Crippen LogP contribution >= 0.6 is 0 Å². The van der Waals surface area contributed by atoms with Gasteiger partial charge in [0.05, 0.1) is 5.69 Å². The van der Waals surface area contributed by atoms with Crippen molar-refractivity contribution >= 4 is 11.9 Å². The summed E-state index contributed by atoms with van der Waals surface area (Å²) in [4.78, 5) is 19.4. The zero-order valence-corrected chi connectivity index (χ0v) is 11.5. The molecule has 104 valence electrons. The molecule has 3 heterocycles. The van der Waals surface area contributed by atoms with E-state index in [4.69, 9.17) is 0 Å². The fourth-order valence-electron chi connectivity index (χ4n) is 2.53. The molecule has 1 fully saturated rings. The number of hydrogen-bond donors (Lipinski definition) is 1. The Morgan fingerprint density at radius 2 is 1.95 bits per heavy atom. The summed E-state index contributed by atoms with van der Waals surface area (Å²) in [6.45, 7) is 2.23. The third kappa shape index (κ3) is 3.08. The largest absolute Gasteiger partial charge is 0.306 e. The van der Waals surface area contributed by atoms with Gasteiger partial charge in [0.2, 0.25) is 11.9 Å². The van der Waals surface area contributed by atoms with Crippen LogP contribution in [0.15, 0.2) is 30.7 Å². The average Bonchev–Trinajstić information content (AvgIpc) is 2.49. The number of likely N-dealkylation sites (tertiary alicyclic amines) is 1. The summed E-state index contributed by atoms with van der Waals surface area (Å²) in [5.41, 5.74) is 1.09. The lowest BCUT2D eigenvalue weighted by Gasteiger charge is -2.29. The number of piperidine rings is 1. The maximum absolute atomic E-state index is 4.60. The highest BCUT2D eigenvalue weighted by Crippen LogP contribution is 2.25. The van der Waals surface area contributed by atoms with Crippen LogP contribution in [0, 0.1) is 0 Å². The van der Waals surface area contributed by atoms with Crippen molar-refractivity contribution in [3.63, 3.8) is 0 Å². The van der Waals surface area contributed by atoms with Crippen molar-refractivity contribution in [3.8, 4) is 0 Å². The predicted octanol–water partition coefficient (Wildman–Crippen LogP) is 1.82. The van der Waals surface area contributed by atoms with Crippen molar-refractivity contribution in [2.24, 2.45) is 0 Å². The molecule has 0 unspecified atom stereocenters. The second kappa shape index (κ2) is 5.92. The molecule has 2 aromatic rings. The molecular formula is C14H18N6. The molecule has 0 spiro atoms. The molecule has 20 heavy (non-hydrogen) atoms.